The summed E-state index contributed by atoms with van der Waals surface area (Å²) in [4.78, 5) is 23.7. The highest BCUT2D eigenvalue weighted by Crippen LogP contribution is 2.31. The van der Waals surface area contributed by atoms with Gasteiger partial charge in [-0.15, -0.1) is 0 Å². The summed E-state index contributed by atoms with van der Waals surface area (Å²) in [6, 6.07) is 3.54. The molecular weight excluding hydrogens is 348 g/mol. The maximum absolute atomic E-state index is 12.5. The van der Waals surface area contributed by atoms with E-state index in [1.165, 1.54) is 26.2 Å². The first-order chi connectivity index (χ1) is 11.6. The van der Waals surface area contributed by atoms with Gasteiger partial charge in [-0.3, -0.25) is 9.59 Å². The number of sulfonamides is 1. The average Bonchev–Trinajstić information content (AvgIpc) is 2.56. The lowest BCUT2D eigenvalue weighted by molar-refractivity contribution is -0.146. The molecule has 8 nitrogen and oxygen atoms in total. The molecule has 1 aliphatic rings. The summed E-state index contributed by atoms with van der Waals surface area (Å²) < 4.78 is 25.3. The van der Waals surface area contributed by atoms with Gasteiger partial charge in [0.2, 0.25) is 15.9 Å². The number of phenolic OH excluding ortho intramolecular Hbond substituents is 1. The number of amides is 1. The summed E-state index contributed by atoms with van der Waals surface area (Å²) in [5.41, 5.74) is -0.0772. The van der Waals surface area contributed by atoms with E-state index >= 15 is 0 Å². The second-order valence-corrected chi connectivity index (χ2v) is 8.10. The smallest absolute Gasteiger partial charge is 0.307 e. The van der Waals surface area contributed by atoms with E-state index in [-0.39, 0.29) is 29.2 Å². The highest BCUT2D eigenvalue weighted by molar-refractivity contribution is 7.89. The first kappa shape index (κ1) is 18.9. The highest BCUT2D eigenvalue weighted by atomic mass is 32.2. The van der Waals surface area contributed by atoms with Crippen LogP contribution in [0, 0.1) is 11.8 Å². The number of hydrogen-bond acceptors (Lipinski definition) is 5. The molecule has 0 aliphatic heterocycles. The van der Waals surface area contributed by atoms with Crippen molar-refractivity contribution in [2.24, 2.45) is 11.8 Å². The van der Waals surface area contributed by atoms with Crippen LogP contribution in [0.1, 0.15) is 12.8 Å². The van der Waals surface area contributed by atoms with E-state index in [4.69, 9.17) is 0 Å². The molecule has 25 heavy (non-hydrogen) atoms. The summed E-state index contributed by atoms with van der Waals surface area (Å²) in [7, 11) is -1.00. The van der Waals surface area contributed by atoms with E-state index in [1.807, 2.05) is 0 Å². The third-order valence-electron chi connectivity index (χ3n) is 4.09. The van der Waals surface area contributed by atoms with Gasteiger partial charge in [0, 0.05) is 14.1 Å². The van der Waals surface area contributed by atoms with Gasteiger partial charge in [-0.2, -0.15) is 0 Å². The fraction of sp³-hybridized carbons (Fsp3) is 0.375. The van der Waals surface area contributed by atoms with Gasteiger partial charge in [0.25, 0.3) is 0 Å². The van der Waals surface area contributed by atoms with E-state index in [0.29, 0.717) is 0 Å². The molecule has 136 valence electrons. The summed E-state index contributed by atoms with van der Waals surface area (Å²) in [6.45, 7) is 0. The second-order valence-electron chi connectivity index (χ2n) is 5.95. The van der Waals surface area contributed by atoms with Crippen molar-refractivity contribution in [3.05, 3.63) is 30.4 Å². The first-order valence-corrected chi connectivity index (χ1v) is 9.03. The zero-order valence-electron chi connectivity index (χ0n) is 13.8. The molecule has 2 atom stereocenters. The topological polar surface area (TPSA) is 124 Å². The van der Waals surface area contributed by atoms with Crippen LogP contribution in [0.25, 0.3) is 0 Å². The van der Waals surface area contributed by atoms with Crippen molar-refractivity contribution in [3.8, 4) is 5.75 Å². The highest BCUT2D eigenvalue weighted by Gasteiger charge is 2.34. The molecule has 0 saturated heterocycles. The molecule has 1 amide bonds. The zero-order valence-corrected chi connectivity index (χ0v) is 14.7. The van der Waals surface area contributed by atoms with Crippen molar-refractivity contribution in [1.82, 2.24) is 4.31 Å². The van der Waals surface area contributed by atoms with Crippen molar-refractivity contribution in [2.45, 2.75) is 17.7 Å². The number of rotatable bonds is 5. The number of aromatic hydroxyl groups is 1. The maximum Gasteiger partial charge on any atom is 0.307 e. The summed E-state index contributed by atoms with van der Waals surface area (Å²) in [6.07, 6.45) is 3.95. The lowest BCUT2D eigenvalue weighted by Crippen LogP contribution is -2.34. The molecule has 1 aliphatic carbocycles. The summed E-state index contributed by atoms with van der Waals surface area (Å²) >= 11 is 0. The molecule has 0 saturated carbocycles. The molecule has 0 fully saturated rings. The fourth-order valence-electron chi connectivity index (χ4n) is 2.59. The van der Waals surface area contributed by atoms with E-state index in [2.05, 4.69) is 5.32 Å². The Kier molecular flexibility index (Phi) is 5.48. The van der Waals surface area contributed by atoms with Gasteiger partial charge in [-0.25, -0.2) is 12.7 Å². The standard InChI is InChI=1S/C16H20N2O6S/c1-18(2)25(23,24)10-7-8-14(19)13(9-10)17-15(20)11-5-3-4-6-12(11)16(21)22/h3-4,7-9,11-12,19H,5-6H2,1-2H3,(H,17,20)(H,21,22)/t11-,12-/m0/s1. The Hall–Kier alpha value is -2.39. The molecule has 2 rings (SSSR count). The molecule has 0 unspecified atom stereocenters. The molecule has 0 aromatic heterocycles. The van der Waals surface area contributed by atoms with Crippen LogP contribution in [0.2, 0.25) is 0 Å². The van der Waals surface area contributed by atoms with Crippen LogP contribution in [-0.4, -0.2) is 48.9 Å². The van der Waals surface area contributed by atoms with E-state index < -0.39 is 33.7 Å². The first-order valence-electron chi connectivity index (χ1n) is 7.58. The van der Waals surface area contributed by atoms with Crippen molar-refractivity contribution >= 4 is 27.6 Å². The monoisotopic (exact) mass is 368 g/mol. The Balaban J connectivity index is 2.29. The number of carbonyl (C=O) groups is 2. The molecular formula is C16H20N2O6S. The third kappa shape index (κ3) is 3.99. The van der Waals surface area contributed by atoms with Crippen LogP contribution in [-0.2, 0) is 19.6 Å². The van der Waals surface area contributed by atoms with Gasteiger partial charge in [0.15, 0.2) is 0 Å². The Labute approximate surface area is 145 Å². The molecule has 0 heterocycles. The van der Waals surface area contributed by atoms with Gasteiger partial charge >= 0.3 is 5.97 Å². The van der Waals surface area contributed by atoms with E-state index in [9.17, 15) is 28.2 Å². The molecule has 9 heteroatoms. The van der Waals surface area contributed by atoms with Crippen molar-refractivity contribution in [3.63, 3.8) is 0 Å². The number of hydrogen-bond donors (Lipinski definition) is 3. The molecule has 3 N–H and O–H groups in total. The zero-order chi connectivity index (χ0) is 18.8. The minimum absolute atomic E-state index is 0.0772. The number of anilines is 1. The maximum atomic E-state index is 12.5. The van der Waals surface area contributed by atoms with Gasteiger partial charge in [-0.05, 0) is 31.0 Å². The van der Waals surface area contributed by atoms with E-state index in [1.54, 1.807) is 12.2 Å². The molecule has 1 aromatic rings. The number of carboxylic acids is 1. The minimum atomic E-state index is -3.74. The Morgan fingerprint density at radius 3 is 2.32 bits per heavy atom. The van der Waals surface area contributed by atoms with Crippen molar-refractivity contribution < 1.29 is 28.2 Å². The van der Waals surface area contributed by atoms with Gasteiger partial charge < -0.3 is 15.5 Å². The summed E-state index contributed by atoms with van der Waals surface area (Å²) in [5, 5.41) is 21.6. The number of nitrogens with zero attached hydrogens (tertiary/aromatic N) is 1. The minimum Gasteiger partial charge on any atom is -0.506 e. The lowest BCUT2D eigenvalue weighted by Gasteiger charge is -2.24. The van der Waals surface area contributed by atoms with Gasteiger partial charge in [0.1, 0.15) is 5.75 Å². The molecule has 1 aromatic carbocycles. The predicted octanol–water partition coefficient (Wildman–Crippen LogP) is 1.25. The molecule has 0 radical (unpaired) electrons. The van der Waals surface area contributed by atoms with Crippen LogP contribution in [0.4, 0.5) is 5.69 Å². The Morgan fingerprint density at radius 1 is 1.16 bits per heavy atom. The Morgan fingerprint density at radius 2 is 1.76 bits per heavy atom. The molecule has 0 bridgehead atoms. The van der Waals surface area contributed by atoms with Crippen molar-refractivity contribution in [1.29, 1.82) is 0 Å². The lowest BCUT2D eigenvalue weighted by atomic mass is 9.82. The largest absolute Gasteiger partial charge is 0.506 e. The van der Waals surface area contributed by atoms with Crippen molar-refractivity contribution in [2.75, 3.05) is 19.4 Å². The fourth-order valence-corrected chi connectivity index (χ4v) is 3.52. The van der Waals surface area contributed by atoms with Crippen LogP contribution in [0.3, 0.4) is 0 Å². The third-order valence-corrected chi connectivity index (χ3v) is 5.90. The van der Waals surface area contributed by atoms with Crippen LogP contribution < -0.4 is 5.32 Å². The average molecular weight is 368 g/mol. The van der Waals surface area contributed by atoms with Gasteiger partial charge in [0.05, 0.1) is 22.4 Å². The van der Waals surface area contributed by atoms with Crippen LogP contribution in [0.5, 0.6) is 5.75 Å². The normalized spacial score (nSPS) is 20.4. The number of aliphatic carboxylic acids is 1. The number of carboxylic acid groups (broad SMARTS) is 1. The second kappa shape index (κ2) is 7.24. The number of allylic oxidation sites excluding steroid dienone is 2. The predicted molar refractivity (Wildman–Crippen MR) is 90.6 cm³/mol. The number of benzene rings is 1. The van der Waals surface area contributed by atoms with Crippen LogP contribution >= 0.6 is 0 Å². The summed E-state index contributed by atoms with van der Waals surface area (Å²) in [5.74, 6) is -3.61. The quantitative estimate of drug-likeness (QED) is 0.531. The number of phenols is 1. The van der Waals surface area contributed by atoms with Crippen LogP contribution in [0.15, 0.2) is 35.2 Å². The Bertz CT molecular complexity index is 816. The SMILES string of the molecule is CN(C)S(=O)(=O)c1ccc(O)c(NC(=O)[C@H]2CC=CC[C@@H]2C(=O)O)c1. The number of nitrogens with one attached hydrogen (secondary N) is 1. The molecule has 0 spiro atoms. The van der Waals surface area contributed by atoms with Gasteiger partial charge in [-0.1, -0.05) is 12.2 Å². The number of carbonyl (C=O) groups excluding carboxylic acids is 1. The van der Waals surface area contributed by atoms with E-state index in [0.717, 1.165) is 10.4 Å².